The molecule has 1 rings (SSSR count). The van der Waals surface area contributed by atoms with Gasteiger partial charge in [0.05, 0.1) is 12.7 Å². The Labute approximate surface area is 129 Å². The van der Waals surface area contributed by atoms with E-state index in [9.17, 15) is 34.8 Å². The van der Waals surface area contributed by atoms with Gasteiger partial charge in [-0.2, -0.15) is 0 Å². The second-order valence-corrected chi connectivity index (χ2v) is 5.01. The minimum absolute atomic E-state index is 0.898. The summed E-state index contributed by atoms with van der Waals surface area (Å²) >= 11 is 0. The van der Waals surface area contributed by atoms with Crippen molar-refractivity contribution >= 4 is 17.7 Å². The van der Waals surface area contributed by atoms with Gasteiger partial charge in [0, 0.05) is 0 Å². The van der Waals surface area contributed by atoms with Crippen LogP contribution < -0.4 is 0 Å². The second kappa shape index (κ2) is 7.77. The maximum Gasteiger partial charge on any atom is 0.379 e. The summed E-state index contributed by atoms with van der Waals surface area (Å²) < 4.78 is 8.99. The predicted molar refractivity (Wildman–Crippen MR) is 67.6 cm³/mol. The lowest BCUT2D eigenvalue weighted by atomic mass is 10.0. The molecule has 132 valence electrons. The molecule has 6 N–H and O–H groups in total. The molecule has 1 aliphatic rings. The second-order valence-electron chi connectivity index (χ2n) is 5.01. The van der Waals surface area contributed by atoms with Gasteiger partial charge in [-0.25, -0.2) is 9.59 Å². The van der Waals surface area contributed by atoms with Gasteiger partial charge in [-0.1, -0.05) is 0 Å². The van der Waals surface area contributed by atoms with E-state index in [1.165, 1.54) is 0 Å². The number of ether oxygens (including phenoxy) is 2. The van der Waals surface area contributed by atoms with E-state index in [-0.39, 0.29) is 0 Å². The lowest BCUT2D eigenvalue weighted by molar-refractivity contribution is -0.180. The first kappa shape index (κ1) is 19.4. The number of cyclic esters (lactones) is 1. The highest BCUT2D eigenvalue weighted by molar-refractivity contribution is 6.37. The summed E-state index contributed by atoms with van der Waals surface area (Å²) in [4.78, 5) is 34.4. The summed E-state index contributed by atoms with van der Waals surface area (Å²) in [7, 11) is 0. The Morgan fingerprint density at radius 3 is 2.22 bits per heavy atom. The van der Waals surface area contributed by atoms with Crippen LogP contribution in [0.25, 0.3) is 0 Å². The van der Waals surface area contributed by atoms with E-state index in [1.54, 1.807) is 0 Å². The molecule has 1 saturated heterocycles. The molecule has 7 atom stereocenters. The molecular weight excluding hydrogens is 320 g/mol. The normalized spacial score (nSPS) is 27.8. The summed E-state index contributed by atoms with van der Waals surface area (Å²) in [6.45, 7) is 0.192. The van der Waals surface area contributed by atoms with E-state index in [1.807, 2.05) is 0 Å². The van der Waals surface area contributed by atoms with Crippen molar-refractivity contribution in [1.82, 2.24) is 0 Å². The number of esters is 2. The molecule has 23 heavy (non-hydrogen) atoms. The van der Waals surface area contributed by atoms with Gasteiger partial charge < -0.3 is 40.1 Å². The number of aliphatic hydroxyl groups excluding tert-OH is 6. The Bertz CT molecular complexity index is 462. The minimum Gasteiger partial charge on any atom is -0.449 e. The Kier molecular flexibility index (Phi) is 6.56. The van der Waals surface area contributed by atoms with Crippen molar-refractivity contribution in [2.45, 2.75) is 49.7 Å². The molecular formula is C12H18O11. The third kappa shape index (κ3) is 4.22. The Hall–Kier alpha value is -1.63. The fourth-order valence-corrected chi connectivity index (χ4v) is 1.82. The van der Waals surface area contributed by atoms with Gasteiger partial charge in [0.1, 0.15) is 18.3 Å². The third-order valence-electron chi connectivity index (χ3n) is 3.22. The highest BCUT2D eigenvalue weighted by Crippen LogP contribution is 2.20. The van der Waals surface area contributed by atoms with Crippen LogP contribution >= 0.6 is 0 Å². The van der Waals surface area contributed by atoms with Crippen LogP contribution in [0.1, 0.15) is 6.92 Å². The number of Topliss-reactive ketones (excluding diaryl/α,β-unsaturated/α-hetero) is 1. The average molecular weight is 338 g/mol. The summed E-state index contributed by atoms with van der Waals surface area (Å²) in [6.07, 6.45) is -13.1. The quantitative estimate of drug-likeness (QED) is 0.193. The first-order chi connectivity index (χ1) is 10.6. The Morgan fingerprint density at radius 2 is 1.74 bits per heavy atom. The zero-order valence-electron chi connectivity index (χ0n) is 12.0. The number of rotatable bonds is 7. The molecule has 0 bridgehead atoms. The fraction of sp³-hybridized carbons (Fsp3) is 0.750. The molecule has 0 spiro atoms. The van der Waals surface area contributed by atoms with Crippen molar-refractivity contribution < 1.29 is 54.5 Å². The van der Waals surface area contributed by atoms with Crippen molar-refractivity contribution in [1.29, 1.82) is 0 Å². The SMILES string of the molecule is C[C@@H](O)[C@@H](O)[C@H](O)[C@@H](O)C(=O)OC1C(=O)C(=O)O[C@@H]1[C@H](O)CO. The molecule has 11 nitrogen and oxygen atoms in total. The van der Waals surface area contributed by atoms with E-state index in [2.05, 4.69) is 9.47 Å². The maximum atomic E-state index is 11.7. The summed E-state index contributed by atoms with van der Waals surface area (Å²) in [5, 5.41) is 55.7. The largest absolute Gasteiger partial charge is 0.449 e. The number of aliphatic hydroxyl groups is 6. The van der Waals surface area contributed by atoms with E-state index >= 15 is 0 Å². The monoisotopic (exact) mass is 338 g/mol. The molecule has 0 aromatic heterocycles. The van der Waals surface area contributed by atoms with Crippen LogP contribution in [0.4, 0.5) is 0 Å². The van der Waals surface area contributed by atoms with Crippen LogP contribution in [0.3, 0.4) is 0 Å². The van der Waals surface area contributed by atoms with Gasteiger partial charge in [0.15, 0.2) is 12.2 Å². The topological polar surface area (TPSA) is 191 Å². The molecule has 1 heterocycles. The van der Waals surface area contributed by atoms with Crippen LogP contribution in [-0.2, 0) is 23.9 Å². The lowest BCUT2D eigenvalue weighted by Crippen LogP contribution is -2.50. The molecule has 0 aromatic rings. The van der Waals surface area contributed by atoms with E-state index in [4.69, 9.17) is 10.2 Å². The third-order valence-corrected chi connectivity index (χ3v) is 3.22. The first-order valence-electron chi connectivity index (χ1n) is 6.58. The van der Waals surface area contributed by atoms with Gasteiger partial charge in [-0.05, 0) is 6.92 Å². The van der Waals surface area contributed by atoms with Crippen molar-refractivity contribution in [3.63, 3.8) is 0 Å². The van der Waals surface area contributed by atoms with Crippen molar-refractivity contribution in [2.75, 3.05) is 6.61 Å². The molecule has 11 heteroatoms. The molecule has 0 aromatic carbocycles. The molecule has 1 unspecified atom stereocenters. The Morgan fingerprint density at radius 1 is 1.17 bits per heavy atom. The number of carbonyl (C=O) groups is 3. The molecule has 0 radical (unpaired) electrons. The Balaban J connectivity index is 2.81. The van der Waals surface area contributed by atoms with E-state index < -0.39 is 67.1 Å². The minimum atomic E-state index is -2.34. The summed E-state index contributed by atoms with van der Waals surface area (Å²) in [5.41, 5.74) is 0. The molecule has 1 fully saturated rings. The first-order valence-corrected chi connectivity index (χ1v) is 6.58. The maximum absolute atomic E-state index is 11.7. The number of hydrogen-bond acceptors (Lipinski definition) is 11. The highest BCUT2D eigenvalue weighted by Gasteiger charge is 2.50. The zero-order chi connectivity index (χ0) is 17.9. The van der Waals surface area contributed by atoms with Gasteiger partial charge in [-0.3, -0.25) is 4.79 Å². The number of carbonyl (C=O) groups excluding carboxylic acids is 3. The number of hydrogen-bond donors (Lipinski definition) is 6. The van der Waals surface area contributed by atoms with Gasteiger partial charge in [-0.15, -0.1) is 0 Å². The average Bonchev–Trinajstić information content (AvgIpc) is 2.79. The molecule has 0 saturated carbocycles. The molecule has 1 aliphatic heterocycles. The lowest BCUT2D eigenvalue weighted by Gasteiger charge is -2.25. The van der Waals surface area contributed by atoms with E-state index in [0.29, 0.717) is 0 Å². The van der Waals surface area contributed by atoms with Crippen molar-refractivity contribution in [3.8, 4) is 0 Å². The van der Waals surface area contributed by atoms with Crippen LogP contribution in [0, 0.1) is 0 Å². The zero-order valence-corrected chi connectivity index (χ0v) is 12.0. The van der Waals surface area contributed by atoms with Crippen molar-refractivity contribution in [3.05, 3.63) is 0 Å². The van der Waals surface area contributed by atoms with Gasteiger partial charge in [0.2, 0.25) is 6.10 Å². The van der Waals surface area contributed by atoms with Crippen LogP contribution in [0.2, 0.25) is 0 Å². The molecule has 0 amide bonds. The van der Waals surface area contributed by atoms with Gasteiger partial charge in [0.25, 0.3) is 5.78 Å². The predicted octanol–water partition coefficient (Wildman–Crippen LogP) is -4.79. The van der Waals surface area contributed by atoms with Crippen LogP contribution in [-0.4, -0.2) is 97.7 Å². The van der Waals surface area contributed by atoms with Crippen LogP contribution in [0.15, 0.2) is 0 Å². The van der Waals surface area contributed by atoms with Crippen molar-refractivity contribution in [2.24, 2.45) is 0 Å². The van der Waals surface area contributed by atoms with E-state index in [0.717, 1.165) is 6.92 Å². The standard InChI is InChI=1S/C12H18O11/c1-3(14)5(16)6(17)7(18)11(20)23-10-8(19)12(21)22-9(10)4(15)2-13/h3-7,9-10,13-18H,2H2,1H3/t3-,4-,5-,6+,7-,9-,10?/m1/s1. The van der Waals surface area contributed by atoms with Gasteiger partial charge >= 0.3 is 11.9 Å². The molecule has 0 aliphatic carbocycles. The highest BCUT2D eigenvalue weighted by atomic mass is 16.6. The summed E-state index contributed by atoms with van der Waals surface area (Å²) in [6, 6.07) is 0. The fourth-order valence-electron chi connectivity index (χ4n) is 1.82. The summed E-state index contributed by atoms with van der Waals surface area (Å²) in [5.74, 6) is -4.32. The number of ketones is 1. The van der Waals surface area contributed by atoms with Crippen LogP contribution in [0.5, 0.6) is 0 Å². The smallest absolute Gasteiger partial charge is 0.379 e.